The van der Waals surface area contributed by atoms with Crippen LogP contribution in [0.15, 0.2) is 217 Å². The molecule has 0 amide bonds. The maximum Gasteiger partial charge on any atom is 0.137 e. The second-order valence-electron chi connectivity index (χ2n) is 13.7. The summed E-state index contributed by atoms with van der Waals surface area (Å²) in [6.07, 6.45) is 0. The third-order valence-corrected chi connectivity index (χ3v) is 10.5. The van der Waals surface area contributed by atoms with Crippen molar-refractivity contribution < 1.29 is 4.42 Å². The van der Waals surface area contributed by atoms with Crippen molar-refractivity contribution in [2.45, 2.75) is 0 Å². The first-order valence-corrected chi connectivity index (χ1v) is 18.4. The van der Waals surface area contributed by atoms with E-state index in [0.717, 1.165) is 61.3 Å². The molecule has 10 aromatic rings. The molecular formula is C52H35NO. The minimum Gasteiger partial charge on any atom is -0.456 e. The second kappa shape index (κ2) is 13.4. The summed E-state index contributed by atoms with van der Waals surface area (Å²) in [4.78, 5) is 2.41. The highest BCUT2D eigenvalue weighted by atomic mass is 16.3. The molecule has 0 spiro atoms. The highest BCUT2D eigenvalue weighted by molar-refractivity contribution is 6.15. The molecule has 0 bridgehead atoms. The molecule has 0 atom stereocenters. The second-order valence-corrected chi connectivity index (χ2v) is 13.7. The first-order valence-electron chi connectivity index (χ1n) is 18.4. The van der Waals surface area contributed by atoms with Gasteiger partial charge in [-0.2, -0.15) is 0 Å². The third-order valence-electron chi connectivity index (χ3n) is 10.5. The molecule has 254 valence electrons. The number of anilines is 3. The van der Waals surface area contributed by atoms with Crippen LogP contribution in [0.3, 0.4) is 0 Å². The van der Waals surface area contributed by atoms with Crippen LogP contribution in [0, 0.1) is 0 Å². The van der Waals surface area contributed by atoms with Gasteiger partial charge in [-0.1, -0.05) is 164 Å². The summed E-state index contributed by atoms with van der Waals surface area (Å²) in [5.41, 5.74) is 14.3. The Kier molecular flexibility index (Phi) is 7.85. The van der Waals surface area contributed by atoms with Gasteiger partial charge in [0, 0.05) is 16.6 Å². The van der Waals surface area contributed by atoms with Crippen LogP contribution in [0.5, 0.6) is 0 Å². The van der Waals surface area contributed by atoms with Gasteiger partial charge in [-0.25, -0.2) is 0 Å². The van der Waals surface area contributed by atoms with E-state index >= 15 is 0 Å². The molecule has 2 heteroatoms. The quantitative estimate of drug-likeness (QED) is 0.166. The zero-order valence-corrected chi connectivity index (χ0v) is 29.6. The van der Waals surface area contributed by atoms with E-state index in [9.17, 15) is 0 Å². The maximum absolute atomic E-state index is 6.64. The molecule has 0 fully saturated rings. The number of benzene rings is 9. The topological polar surface area (TPSA) is 16.4 Å². The maximum atomic E-state index is 6.64. The van der Waals surface area contributed by atoms with Gasteiger partial charge in [0.05, 0.1) is 16.8 Å². The molecule has 0 saturated carbocycles. The van der Waals surface area contributed by atoms with Gasteiger partial charge < -0.3 is 9.32 Å². The molecule has 1 heterocycles. The normalized spacial score (nSPS) is 11.3. The number of rotatable bonds is 7. The van der Waals surface area contributed by atoms with Crippen LogP contribution in [-0.2, 0) is 0 Å². The Balaban J connectivity index is 1.21. The first-order chi connectivity index (χ1) is 26.8. The van der Waals surface area contributed by atoms with Gasteiger partial charge >= 0.3 is 0 Å². The molecule has 0 radical (unpaired) electrons. The molecule has 0 unspecified atom stereocenters. The van der Waals surface area contributed by atoms with Gasteiger partial charge in [0.15, 0.2) is 0 Å². The van der Waals surface area contributed by atoms with E-state index in [0.29, 0.717) is 0 Å². The lowest BCUT2D eigenvalue weighted by Crippen LogP contribution is -2.11. The number of fused-ring (bicyclic) bond motifs is 4. The van der Waals surface area contributed by atoms with E-state index in [1.165, 1.54) is 33.0 Å². The van der Waals surface area contributed by atoms with Crippen molar-refractivity contribution >= 4 is 49.8 Å². The number of nitrogens with zero attached hydrogens (tertiary/aromatic N) is 1. The van der Waals surface area contributed by atoms with Crippen LogP contribution in [0.1, 0.15) is 0 Å². The SMILES string of the molecule is c1ccc(-c2ccccc2-c2ccc3oc4cccc(N(c5cccc(-c6ccc7ccccc7c6)c5)c5ccccc5-c5ccccc5)c4c3c2)cc1. The molecule has 10 rings (SSSR count). The van der Waals surface area contributed by atoms with Crippen LogP contribution in [0.2, 0.25) is 0 Å². The van der Waals surface area contributed by atoms with Gasteiger partial charge in [-0.3, -0.25) is 0 Å². The van der Waals surface area contributed by atoms with Crippen molar-refractivity contribution in [3.8, 4) is 44.5 Å². The highest BCUT2D eigenvalue weighted by Crippen LogP contribution is 2.47. The van der Waals surface area contributed by atoms with E-state index < -0.39 is 0 Å². The predicted molar refractivity (Wildman–Crippen MR) is 228 cm³/mol. The fourth-order valence-corrected chi connectivity index (χ4v) is 7.90. The largest absolute Gasteiger partial charge is 0.456 e. The van der Waals surface area contributed by atoms with E-state index in [1.54, 1.807) is 0 Å². The molecule has 0 N–H and O–H groups in total. The van der Waals surface area contributed by atoms with E-state index in [1.807, 2.05) is 0 Å². The monoisotopic (exact) mass is 689 g/mol. The molecule has 9 aromatic carbocycles. The molecule has 0 aliphatic heterocycles. The van der Waals surface area contributed by atoms with Crippen molar-refractivity contribution in [1.29, 1.82) is 0 Å². The Morgan fingerprint density at radius 2 is 0.889 bits per heavy atom. The molecule has 0 aliphatic rings. The predicted octanol–water partition coefficient (Wildman–Crippen LogP) is 14.9. The lowest BCUT2D eigenvalue weighted by molar-refractivity contribution is 0.669. The van der Waals surface area contributed by atoms with Crippen molar-refractivity contribution in [2.75, 3.05) is 4.90 Å². The lowest BCUT2D eigenvalue weighted by Gasteiger charge is -2.29. The Morgan fingerprint density at radius 3 is 1.69 bits per heavy atom. The average molecular weight is 690 g/mol. The van der Waals surface area contributed by atoms with E-state index in [2.05, 4.69) is 217 Å². The Hall–Kier alpha value is -7.16. The first kappa shape index (κ1) is 31.6. The fourth-order valence-electron chi connectivity index (χ4n) is 7.90. The number of hydrogen-bond acceptors (Lipinski definition) is 2. The number of hydrogen-bond donors (Lipinski definition) is 0. The van der Waals surface area contributed by atoms with Crippen LogP contribution >= 0.6 is 0 Å². The van der Waals surface area contributed by atoms with Gasteiger partial charge in [-0.15, -0.1) is 0 Å². The Bertz CT molecular complexity index is 2940. The fraction of sp³-hybridized carbons (Fsp3) is 0. The zero-order chi connectivity index (χ0) is 35.8. The molecule has 2 nitrogen and oxygen atoms in total. The van der Waals surface area contributed by atoms with Gasteiger partial charge in [0.2, 0.25) is 0 Å². The Morgan fingerprint density at radius 1 is 0.315 bits per heavy atom. The van der Waals surface area contributed by atoms with Crippen LogP contribution in [0.4, 0.5) is 17.1 Å². The minimum atomic E-state index is 0.851. The van der Waals surface area contributed by atoms with Crippen molar-refractivity contribution in [1.82, 2.24) is 0 Å². The van der Waals surface area contributed by atoms with Crippen molar-refractivity contribution in [3.05, 3.63) is 212 Å². The standard InChI is InChI=1S/C52H35NO/c1-3-16-37(17-4-1)44-23-9-10-24-45(44)42-31-32-50-47(35-42)52-49(27-14-28-51(52)54-50)53(48-26-12-11-25-46(48)38-18-5-2-6-19-38)43-22-13-21-40(34-43)41-30-29-36-15-7-8-20-39(36)33-41/h1-35H. The van der Waals surface area contributed by atoms with Gasteiger partial charge in [-0.05, 0) is 98.2 Å². The summed E-state index contributed by atoms with van der Waals surface area (Å²) in [6.45, 7) is 0. The van der Waals surface area contributed by atoms with E-state index in [-0.39, 0.29) is 0 Å². The summed E-state index contributed by atoms with van der Waals surface area (Å²) in [5.74, 6) is 0. The van der Waals surface area contributed by atoms with Gasteiger partial charge in [0.1, 0.15) is 11.2 Å². The molecular weight excluding hydrogens is 655 g/mol. The molecule has 54 heavy (non-hydrogen) atoms. The summed E-state index contributed by atoms with van der Waals surface area (Å²) < 4.78 is 6.64. The molecule has 0 aliphatic carbocycles. The van der Waals surface area contributed by atoms with E-state index in [4.69, 9.17) is 4.42 Å². The highest BCUT2D eigenvalue weighted by Gasteiger charge is 2.23. The minimum absolute atomic E-state index is 0.851. The summed E-state index contributed by atoms with van der Waals surface area (Å²) >= 11 is 0. The molecule has 1 aromatic heterocycles. The average Bonchev–Trinajstić information content (AvgIpc) is 3.63. The van der Waals surface area contributed by atoms with Crippen molar-refractivity contribution in [2.24, 2.45) is 0 Å². The third kappa shape index (κ3) is 5.62. The summed E-state index contributed by atoms with van der Waals surface area (Å²) in [6, 6.07) is 75.9. The smallest absolute Gasteiger partial charge is 0.137 e. The number of furan rings is 1. The van der Waals surface area contributed by atoms with Gasteiger partial charge in [0.25, 0.3) is 0 Å². The van der Waals surface area contributed by atoms with Crippen LogP contribution < -0.4 is 4.90 Å². The van der Waals surface area contributed by atoms with Crippen LogP contribution in [0.25, 0.3) is 77.2 Å². The molecule has 0 saturated heterocycles. The Labute approximate surface area is 314 Å². The van der Waals surface area contributed by atoms with Crippen molar-refractivity contribution in [3.63, 3.8) is 0 Å². The summed E-state index contributed by atoms with van der Waals surface area (Å²) in [7, 11) is 0. The zero-order valence-electron chi connectivity index (χ0n) is 29.6. The summed E-state index contributed by atoms with van der Waals surface area (Å²) in [5, 5.41) is 4.62. The number of para-hydroxylation sites is 1. The lowest BCUT2D eigenvalue weighted by atomic mass is 9.93. The van der Waals surface area contributed by atoms with Crippen LogP contribution in [-0.4, -0.2) is 0 Å².